The zero-order valence-electron chi connectivity index (χ0n) is 14.4. The molecule has 0 unspecified atom stereocenters. The van der Waals surface area contributed by atoms with Gasteiger partial charge in [-0.25, -0.2) is 14.8 Å². The number of pyridine rings is 1. The Bertz CT molecular complexity index is 768. The fourth-order valence-electron chi connectivity index (χ4n) is 3.32. The molecule has 2 aromatic rings. The van der Waals surface area contributed by atoms with Crippen LogP contribution in [0.25, 0.3) is 11.3 Å². The summed E-state index contributed by atoms with van der Waals surface area (Å²) in [5.74, 6) is 0.762. The third-order valence-corrected chi connectivity index (χ3v) is 4.81. The topological polar surface area (TPSA) is 83.3 Å². The standard InChI is InChI=1S/C17H23N5O2/c1-11-12(13-9-21(4)10-18-13)5-6-15(19-11)20-14-7-8-22(16(23)24)17(14,2)3/h5-6,9-10,14H,7-8H2,1-4H3,(H,19,20)(H,23,24)/t14-/m0/s1. The molecule has 1 fully saturated rings. The summed E-state index contributed by atoms with van der Waals surface area (Å²) in [6, 6.07) is 3.96. The van der Waals surface area contributed by atoms with Gasteiger partial charge in [-0.05, 0) is 39.3 Å². The van der Waals surface area contributed by atoms with Crippen molar-refractivity contribution in [2.75, 3.05) is 11.9 Å². The Hall–Kier alpha value is -2.57. The Balaban J connectivity index is 1.80. The second kappa shape index (κ2) is 5.81. The first-order valence-corrected chi connectivity index (χ1v) is 8.02. The average Bonchev–Trinajstić information content (AvgIpc) is 3.03. The normalized spacial score (nSPS) is 19.5. The lowest BCUT2D eigenvalue weighted by Crippen LogP contribution is -2.50. The van der Waals surface area contributed by atoms with Crippen molar-refractivity contribution in [3.05, 3.63) is 30.4 Å². The van der Waals surface area contributed by atoms with Gasteiger partial charge in [0.05, 0.1) is 23.6 Å². The van der Waals surface area contributed by atoms with Gasteiger partial charge in [-0.15, -0.1) is 0 Å². The van der Waals surface area contributed by atoms with Crippen molar-refractivity contribution in [3.8, 4) is 11.3 Å². The molecule has 1 saturated heterocycles. The van der Waals surface area contributed by atoms with E-state index < -0.39 is 11.6 Å². The van der Waals surface area contributed by atoms with Crippen molar-refractivity contribution in [2.24, 2.45) is 7.05 Å². The molecule has 2 aromatic heterocycles. The third-order valence-electron chi connectivity index (χ3n) is 4.81. The van der Waals surface area contributed by atoms with Crippen LogP contribution in [-0.4, -0.2) is 48.8 Å². The van der Waals surface area contributed by atoms with E-state index in [4.69, 9.17) is 0 Å². The molecule has 1 aliphatic rings. The number of carboxylic acid groups (broad SMARTS) is 1. The van der Waals surface area contributed by atoms with Gasteiger partial charge in [0.1, 0.15) is 5.82 Å². The smallest absolute Gasteiger partial charge is 0.407 e. The first kappa shape index (κ1) is 16.3. The molecule has 0 radical (unpaired) electrons. The molecule has 3 rings (SSSR count). The Morgan fingerprint density at radius 3 is 2.71 bits per heavy atom. The summed E-state index contributed by atoms with van der Waals surface area (Å²) < 4.78 is 1.91. The van der Waals surface area contributed by atoms with E-state index in [9.17, 15) is 9.90 Å². The minimum absolute atomic E-state index is 0.0289. The van der Waals surface area contributed by atoms with Gasteiger partial charge in [-0.2, -0.15) is 0 Å². The molecule has 2 N–H and O–H groups in total. The molecule has 7 nitrogen and oxygen atoms in total. The van der Waals surface area contributed by atoms with Gasteiger partial charge in [0, 0.05) is 31.0 Å². The van der Waals surface area contributed by atoms with Crippen LogP contribution in [0.5, 0.6) is 0 Å². The van der Waals surface area contributed by atoms with Gasteiger partial charge in [-0.1, -0.05) is 0 Å². The number of hydrogen-bond acceptors (Lipinski definition) is 4. The van der Waals surface area contributed by atoms with Crippen molar-refractivity contribution < 1.29 is 9.90 Å². The van der Waals surface area contributed by atoms with Crippen LogP contribution < -0.4 is 5.32 Å². The van der Waals surface area contributed by atoms with E-state index in [0.717, 1.165) is 29.2 Å². The molecule has 0 spiro atoms. The maximum Gasteiger partial charge on any atom is 0.407 e. The Labute approximate surface area is 141 Å². The van der Waals surface area contributed by atoms with Crippen LogP contribution in [0.4, 0.5) is 10.6 Å². The van der Waals surface area contributed by atoms with Crippen LogP contribution in [0.15, 0.2) is 24.7 Å². The van der Waals surface area contributed by atoms with Gasteiger partial charge >= 0.3 is 6.09 Å². The molecule has 0 saturated carbocycles. The average molecular weight is 329 g/mol. The van der Waals surface area contributed by atoms with Crippen molar-refractivity contribution in [1.82, 2.24) is 19.4 Å². The lowest BCUT2D eigenvalue weighted by Gasteiger charge is -2.34. The lowest BCUT2D eigenvalue weighted by molar-refractivity contribution is 0.114. The summed E-state index contributed by atoms with van der Waals surface area (Å²) in [7, 11) is 1.94. The summed E-state index contributed by atoms with van der Waals surface area (Å²) >= 11 is 0. The summed E-state index contributed by atoms with van der Waals surface area (Å²) in [4.78, 5) is 21.8. The summed E-state index contributed by atoms with van der Waals surface area (Å²) in [5, 5.41) is 12.7. The van der Waals surface area contributed by atoms with Crippen molar-refractivity contribution in [3.63, 3.8) is 0 Å². The largest absolute Gasteiger partial charge is 0.465 e. The molecular formula is C17H23N5O2. The first-order chi connectivity index (χ1) is 11.3. The third kappa shape index (κ3) is 2.81. The number of nitrogens with one attached hydrogen (secondary N) is 1. The number of anilines is 1. The predicted octanol–water partition coefficient (Wildman–Crippen LogP) is 2.73. The Morgan fingerprint density at radius 1 is 1.42 bits per heavy atom. The molecule has 128 valence electrons. The van der Waals surface area contributed by atoms with Gasteiger partial charge in [-0.3, -0.25) is 0 Å². The lowest BCUT2D eigenvalue weighted by atomic mass is 9.96. The molecule has 1 atom stereocenters. The van der Waals surface area contributed by atoms with Crippen LogP contribution in [-0.2, 0) is 7.05 Å². The molecule has 1 aliphatic heterocycles. The highest BCUT2D eigenvalue weighted by Crippen LogP contribution is 2.31. The van der Waals surface area contributed by atoms with Gasteiger partial charge in [0.25, 0.3) is 0 Å². The van der Waals surface area contributed by atoms with Gasteiger partial charge in [0.15, 0.2) is 0 Å². The maximum atomic E-state index is 11.3. The van der Waals surface area contributed by atoms with E-state index in [0.29, 0.717) is 6.54 Å². The number of hydrogen-bond donors (Lipinski definition) is 2. The van der Waals surface area contributed by atoms with Crippen molar-refractivity contribution >= 4 is 11.9 Å². The van der Waals surface area contributed by atoms with E-state index >= 15 is 0 Å². The molecular weight excluding hydrogens is 306 g/mol. The number of aromatic nitrogens is 3. The molecule has 7 heteroatoms. The number of nitrogens with zero attached hydrogens (tertiary/aromatic N) is 4. The zero-order chi connectivity index (χ0) is 17.5. The fourth-order valence-corrected chi connectivity index (χ4v) is 3.32. The van der Waals surface area contributed by atoms with Crippen LogP contribution in [0.1, 0.15) is 26.0 Å². The highest BCUT2D eigenvalue weighted by molar-refractivity contribution is 5.67. The Kier molecular flexibility index (Phi) is 3.95. The quantitative estimate of drug-likeness (QED) is 0.904. The van der Waals surface area contributed by atoms with Gasteiger partial charge in [0.2, 0.25) is 0 Å². The van der Waals surface area contributed by atoms with Crippen LogP contribution in [0, 0.1) is 6.92 Å². The van der Waals surface area contributed by atoms with Crippen LogP contribution in [0.3, 0.4) is 0 Å². The second-order valence-corrected chi connectivity index (χ2v) is 6.83. The van der Waals surface area contributed by atoms with Gasteiger partial charge < -0.3 is 19.9 Å². The number of likely N-dealkylation sites (tertiary alicyclic amines) is 1. The molecule has 0 bridgehead atoms. The minimum atomic E-state index is -0.876. The summed E-state index contributed by atoms with van der Waals surface area (Å²) in [5.41, 5.74) is 2.32. The van der Waals surface area contributed by atoms with E-state index in [2.05, 4.69) is 15.3 Å². The minimum Gasteiger partial charge on any atom is -0.465 e. The zero-order valence-corrected chi connectivity index (χ0v) is 14.4. The molecule has 1 amide bonds. The summed E-state index contributed by atoms with van der Waals surface area (Å²) in [6.07, 6.45) is 3.62. The molecule has 3 heterocycles. The second-order valence-electron chi connectivity index (χ2n) is 6.83. The van der Waals surface area contributed by atoms with E-state index in [1.807, 2.05) is 50.7 Å². The molecule has 0 aromatic carbocycles. The number of rotatable bonds is 3. The monoisotopic (exact) mass is 329 g/mol. The maximum absolute atomic E-state index is 11.3. The van der Waals surface area contributed by atoms with E-state index in [-0.39, 0.29) is 6.04 Å². The highest BCUT2D eigenvalue weighted by Gasteiger charge is 2.44. The molecule has 24 heavy (non-hydrogen) atoms. The van der Waals surface area contributed by atoms with Crippen molar-refractivity contribution in [2.45, 2.75) is 38.8 Å². The van der Waals surface area contributed by atoms with Crippen LogP contribution >= 0.6 is 0 Å². The first-order valence-electron chi connectivity index (χ1n) is 8.02. The number of aryl methyl sites for hydroxylation is 2. The van der Waals surface area contributed by atoms with Crippen molar-refractivity contribution in [1.29, 1.82) is 0 Å². The summed E-state index contributed by atoms with van der Waals surface area (Å²) in [6.45, 7) is 6.38. The Morgan fingerprint density at radius 2 is 2.17 bits per heavy atom. The van der Waals surface area contributed by atoms with E-state index in [1.165, 1.54) is 4.90 Å². The fraction of sp³-hybridized carbons (Fsp3) is 0.471. The number of carbonyl (C=O) groups is 1. The SMILES string of the molecule is Cc1nc(N[C@H]2CCN(C(=O)O)C2(C)C)ccc1-c1cn(C)cn1. The highest BCUT2D eigenvalue weighted by atomic mass is 16.4. The van der Waals surface area contributed by atoms with E-state index in [1.54, 1.807) is 6.33 Å². The number of amides is 1. The predicted molar refractivity (Wildman–Crippen MR) is 92.0 cm³/mol. The molecule has 0 aliphatic carbocycles. The number of imidazole rings is 1. The van der Waals surface area contributed by atoms with Crippen LogP contribution in [0.2, 0.25) is 0 Å².